The van der Waals surface area contributed by atoms with Gasteiger partial charge in [-0.15, -0.1) is 0 Å². The van der Waals surface area contributed by atoms with E-state index in [2.05, 4.69) is 10.6 Å². The second-order valence-electron chi connectivity index (χ2n) is 5.29. The summed E-state index contributed by atoms with van der Waals surface area (Å²) < 4.78 is 0. The first-order valence-electron chi connectivity index (χ1n) is 6.51. The highest BCUT2D eigenvalue weighted by Crippen LogP contribution is 2.33. The predicted molar refractivity (Wildman–Crippen MR) is 69.9 cm³/mol. The minimum absolute atomic E-state index is 0.224. The molecule has 1 aliphatic carbocycles. The van der Waals surface area contributed by atoms with Crippen LogP contribution in [-0.4, -0.2) is 28.6 Å². The third kappa shape index (κ3) is 1.95. The lowest BCUT2D eigenvalue weighted by molar-refractivity contribution is -0.151. The number of hydrogen-bond acceptors (Lipinski definition) is 3. The van der Waals surface area contributed by atoms with Gasteiger partial charge in [-0.3, -0.25) is 4.79 Å². The van der Waals surface area contributed by atoms with E-state index in [0.29, 0.717) is 19.3 Å². The molecule has 2 aliphatic rings. The molecule has 0 radical (unpaired) electrons. The van der Waals surface area contributed by atoms with Crippen LogP contribution in [0.5, 0.6) is 0 Å². The van der Waals surface area contributed by atoms with E-state index in [-0.39, 0.29) is 11.9 Å². The van der Waals surface area contributed by atoms with Crippen LogP contribution in [0.25, 0.3) is 0 Å². The molecule has 5 nitrogen and oxygen atoms in total. The van der Waals surface area contributed by atoms with Crippen molar-refractivity contribution in [3.63, 3.8) is 0 Å². The van der Waals surface area contributed by atoms with Gasteiger partial charge in [0.15, 0.2) is 0 Å². The molecule has 0 aromatic heterocycles. The summed E-state index contributed by atoms with van der Waals surface area (Å²) in [7, 11) is 0. The quantitative estimate of drug-likeness (QED) is 0.761. The number of carbonyl (C=O) groups excluding carboxylic acids is 1. The summed E-state index contributed by atoms with van der Waals surface area (Å²) in [6.45, 7) is 0. The SMILES string of the molecule is O=C(NC1(C(=O)O)CCC1)[C@@H]1Cc2ccccc2N1. The molecule has 100 valence electrons. The number of hydrogen-bond donors (Lipinski definition) is 3. The highest BCUT2D eigenvalue weighted by atomic mass is 16.4. The van der Waals surface area contributed by atoms with Crippen molar-refractivity contribution in [3.05, 3.63) is 29.8 Å². The van der Waals surface area contributed by atoms with Gasteiger partial charge in [-0.25, -0.2) is 4.79 Å². The Labute approximate surface area is 111 Å². The Hall–Kier alpha value is -2.04. The molecule has 1 aromatic rings. The van der Waals surface area contributed by atoms with E-state index in [1.165, 1.54) is 0 Å². The Morgan fingerprint density at radius 3 is 2.63 bits per heavy atom. The fourth-order valence-electron chi connectivity index (χ4n) is 2.70. The third-order valence-corrected chi connectivity index (χ3v) is 4.07. The summed E-state index contributed by atoms with van der Waals surface area (Å²) in [4.78, 5) is 23.4. The molecular weight excluding hydrogens is 244 g/mol. The van der Waals surface area contributed by atoms with E-state index in [9.17, 15) is 14.7 Å². The lowest BCUT2D eigenvalue weighted by atomic mass is 9.76. The number of nitrogens with one attached hydrogen (secondary N) is 2. The standard InChI is InChI=1S/C14H16N2O3/c17-12(16-14(13(18)19)6-3-7-14)11-8-9-4-1-2-5-10(9)15-11/h1-2,4-5,11,15H,3,6-8H2,(H,16,17)(H,18,19)/t11-/m0/s1. The number of benzene rings is 1. The van der Waals surface area contributed by atoms with Crippen molar-refractivity contribution in [1.82, 2.24) is 5.32 Å². The molecule has 19 heavy (non-hydrogen) atoms. The fraction of sp³-hybridized carbons (Fsp3) is 0.429. The summed E-state index contributed by atoms with van der Waals surface area (Å²) in [5.41, 5.74) is 1.02. The van der Waals surface area contributed by atoms with Gasteiger partial charge in [-0.2, -0.15) is 0 Å². The van der Waals surface area contributed by atoms with Gasteiger partial charge < -0.3 is 15.7 Å². The summed E-state index contributed by atoms with van der Waals surface area (Å²) in [5, 5.41) is 15.1. The zero-order chi connectivity index (χ0) is 13.5. The maximum atomic E-state index is 12.2. The first-order valence-corrected chi connectivity index (χ1v) is 6.51. The van der Waals surface area contributed by atoms with Crippen LogP contribution >= 0.6 is 0 Å². The number of rotatable bonds is 3. The molecule has 1 heterocycles. The Morgan fingerprint density at radius 1 is 1.32 bits per heavy atom. The first-order chi connectivity index (χ1) is 9.11. The lowest BCUT2D eigenvalue weighted by Gasteiger charge is -2.38. The zero-order valence-electron chi connectivity index (χ0n) is 10.5. The maximum Gasteiger partial charge on any atom is 0.329 e. The molecule has 1 saturated carbocycles. The number of anilines is 1. The number of aliphatic carboxylic acids is 1. The molecule has 3 rings (SSSR count). The third-order valence-electron chi connectivity index (χ3n) is 4.07. The van der Waals surface area contributed by atoms with Gasteiger partial charge >= 0.3 is 5.97 Å². The Kier molecular flexibility index (Phi) is 2.69. The summed E-state index contributed by atoms with van der Waals surface area (Å²) in [6.07, 6.45) is 2.50. The molecule has 1 aromatic carbocycles. The van der Waals surface area contributed by atoms with E-state index in [1.807, 2.05) is 24.3 Å². The molecule has 3 N–H and O–H groups in total. The van der Waals surface area contributed by atoms with Crippen molar-refractivity contribution < 1.29 is 14.7 Å². The number of carboxylic acids is 1. The van der Waals surface area contributed by atoms with Crippen molar-refractivity contribution in [3.8, 4) is 0 Å². The highest BCUT2D eigenvalue weighted by molar-refractivity contribution is 5.93. The zero-order valence-corrected chi connectivity index (χ0v) is 10.5. The van der Waals surface area contributed by atoms with Crippen LogP contribution in [0.3, 0.4) is 0 Å². The van der Waals surface area contributed by atoms with Crippen LogP contribution in [0.15, 0.2) is 24.3 Å². The summed E-state index contributed by atoms with van der Waals surface area (Å²) in [5.74, 6) is -1.15. The number of carbonyl (C=O) groups is 2. The van der Waals surface area contributed by atoms with E-state index < -0.39 is 11.5 Å². The second-order valence-corrected chi connectivity index (χ2v) is 5.29. The molecular formula is C14H16N2O3. The van der Waals surface area contributed by atoms with Gasteiger partial charge in [-0.1, -0.05) is 18.2 Å². The molecule has 0 saturated heterocycles. The van der Waals surface area contributed by atoms with Crippen molar-refractivity contribution in [2.24, 2.45) is 0 Å². The van der Waals surface area contributed by atoms with Gasteiger partial charge in [0.05, 0.1) is 0 Å². The molecule has 0 bridgehead atoms. The van der Waals surface area contributed by atoms with Gasteiger partial charge in [0.25, 0.3) is 0 Å². The normalized spacial score (nSPS) is 22.8. The van der Waals surface area contributed by atoms with Crippen molar-refractivity contribution in [1.29, 1.82) is 0 Å². The van der Waals surface area contributed by atoms with E-state index in [1.54, 1.807) is 0 Å². The maximum absolute atomic E-state index is 12.2. The van der Waals surface area contributed by atoms with Gasteiger partial charge in [0.2, 0.25) is 5.91 Å². The average Bonchev–Trinajstić information content (AvgIpc) is 2.76. The molecule has 1 aliphatic heterocycles. The van der Waals surface area contributed by atoms with Crippen LogP contribution in [0.2, 0.25) is 0 Å². The number of para-hydroxylation sites is 1. The molecule has 5 heteroatoms. The minimum Gasteiger partial charge on any atom is -0.480 e. The monoisotopic (exact) mass is 260 g/mol. The number of amides is 1. The first kappa shape index (κ1) is 12.0. The van der Waals surface area contributed by atoms with E-state index in [0.717, 1.165) is 17.7 Å². The molecule has 0 spiro atoms. The van der Waals surface area contributed by atoms with Crippen LogP contribution in [-0.2, 0) is 16.0 Å². The Balaban J connectivity index is 1.69. The van der Waals surface area contributed by atoms with E-state index >= 15 is 0 Å². The second kappa shape index (κ2) is 4.26. The number of carboxylic acid groups (broad SMARTS) is 1. The predicted octanol–water partition coefficient (Wildman–Crippen LogP) is 1.15. The Bertz CT molecular complexity index is 512. The van der Waals surface area contributed by atoms with Crippen LogP contribution < -0.4 is 10.6 Å². The molecule has 1 fully saturated rings. The summed E-state index contributed by atoms with van der Waals surface area (Å²) >= 11 is 0. The fourth-order valence-corrected chi connectivity index (χ4v) is 2.70. The van der Waals surface area contributed by atoms with Gasteiger partial charge in [0, 0.05) is 12.1 Å². The van der Waals surface area contributed by atoms with Crippen molar-refractivity contribution in [2.45, 2.75) is 37.3 Å². The van der Waals surface area contributed by atoms with Gasteiger partial charge in [-0.05, 0) is 30.9 Å². The average molecular weight is 260 g/mol. The smallest absolute Gasteiger partial charge is 0.329 e. The molecule has 0 unspecified atom stereocenters. The summed E-state index contributed by atoms with van der Waals surface area (Å²) in [6, 6.07) is 7.39. The Morgan fingerprint density at radius 2 is 2.05 bits per heavy atom. The highest BCUT2D eigenvalue weighted by Gasteiger charge is 2.46. The van der Waals surface area contributed by atoms with E-state index in [4.69, 9.17) is 0 Å². The molecule has 1 atom stereocenters. The van der Waals surface area contributed by atoms with Crippen LogP contribution in [0, 0.1) is 0 Å². The van der Waals surface area contributed by atoms with Crippen LogP contribution in [0.4, 0.5) is 5.69 Å². The van der Waals surface area contributed by atoms with Crippen molar-refractivity contribution in [2.75, 3.05) is 5.32 Å². The van der Waals surface area contributed by atoms with Crippen LogP contribution in [0.1, 0.15) is 24.8 Å². The number of fused-ring (bicyclic) bond motifs is 1. The topological polar surface area (TPSA) is 78.4 Å². The largest absolute Gasteiger partial charge is 0.480 e. The van der Waals surface area contributed by atoms with Crippen molar-refractivity contribution >= 4 is 17.6 Å². The van der Waals surface area contributed by atoms with Gasteiger partial charge in [0.1, 0.15) is 11.6 Å². The molecule has 1 amide bonds. The minimum atomic E-state index is -1.03. The lowest BCUT2D eigenvalue weighted by Crippen LogP contribution is -2.61.